The smallest absolute Gasteiger partial charge is 0.234 e. The van der Waals surface area contributed by atoms with Gasteiger partial charge in [0.25, 0.3) is 0 Å². The van der Waals surface area contributed by atoms with Crippen molar-refractivity contribution in [2.24, 2.45) is 0 Å². The summed E-state index contributed by atoms with van der Waals surface area (Å²) in [4.78, 5) is 8.26. The molecule has 0 aromatic heterocycles. The fraction of sp³-hybridized carbons (Fsp3) is 0.600. The minimum absolute atomic E-state index is 0.665. The van der Waals surface area contributed by atoms with Crippen LogP contribution in [0.5, 0.6) is 0 Å². The van der Waals surface area contributed by atoms with Gasteiger partial charge in [-0.3, -0.25) is 0 Å². The zero-order valence-corrected chi connectivity index (χ0v) is 5.80. The van der Waals surface area contributed by atoms with Gasteiger partial charge < -0.3 is 0 Å². The van der Waals surface area contributed by atoms with Crippen LogP contribution in [0.2, 0.25) is 0 Å². The van der Waals surface area contributed by atoms with Gasteiger partial charge >= 0.3 is 8.25 Å². The summed E-state index contributed by atoms with van der Waals surface area (Å²) in [5, 5.41) is 0. The summed E-state index contributed by atoms with van der Waals surface area (Å²) in [5.41, 5.74) is 0. The fourth-order valence-corrected chi connectivity index (χ4v) is 1.19. The predicted octanol–water partition coefficient (Wildman–Crippen LogP) is 1.72. The van der Waals surface area contributed by atoms with Gasteiger partial charge in [0.05, 0.1) is 0 Å². The first-order valence-corrected chi connectivity index (χ1v) is 3.95. The minimum atomic E-state index is -2.43. The van der Waals surface area contributed by atoms with E-state index in [9.17, 15) is 4.57 Å². The third-order valence-corrected chi connectivity index (χ3v) is 1.59. The Kier molecular flexibility index (Phi) is 2.20. The van der Waals surface area contributed by atoms with Gasteiger partial charge in [-0.1, -0.05) is 0 Å². The third kappa shape index (κ3) is 2.12. The molecule has 0 bridgehead atoms. The monoisotopic (exact) mass is 147 g/mol. The van der Waals surface area contributed by atoms with Gasteiger partial charge in [-0.15, -0.1) is 4.89 Å². The van der Waals surface area contributed by atoms with Crippen LogP contribution in [0.1, 0.15) is 19.3 Å². The zero-order valence-electron chi connectivity index (χ0n) is 4.91. The van der Waals surface area contributed by atoms with E-state index in [0.717, 1.165) is 19.3 Å². The first kappa shape index (κ1) is 6.72. The van der Waals surface area contributed by atoms with Crippen molar-refractivity contribution in [2.45, 2.75) is 19.3 Å². The molecule has 0 aromatic carbocycles. The van der Waals surface area contributed by atoms with E-state index in [1.165, 1.54) is 0 Å². The zero-order chi connectivity index (χ0) is 6.69. The van der Waals surface area contributed by atoms with Gasteiger partial charge in [0.15, 0.2) is 5.76 Å². The average Bonchev–Trinajstić information content (AvgIpc) is 2.15. The van der Waals surface area contributed by atoms with Crippen LogP contribution in [-0.4, -0.2) is 4.89 Å². The van der Waals surface area contributed by atoms with Crippen LogP contribution in [0.4, 0.5) is 0 Å². The molecule has 4 heteroatoms. The van der Waals surface area contributed by atoms with Crippen molar-refractivity contribution in [3.05, 3.63) is 11.8 Å². The summed E-state index contributed by atoms with van der Waals surface area (Å²) < 4.78 is 14.6. The molecule has 9 heavy (non-hydrogen) atoms. The summed E-state index contributed by atoms with van der Waals surface area (Å²) >= 11 is 0. The Morgan fingerprint density at radius 1 is 1.78 bits per heavy atom. The maximum Gasteiger partial charge on any atom is 0.747 e. The summed E-state index contributed by atoms with van der Waals surface area (Å²) in [6.45, 7) is 0. The highest BCUT2D eigenvalue weighted by Gasteiger charge is 2.18. The van der Waals surface area contributed by atoms with E-state index in [4.69, 9.17) is 4.89 Å². The second-order valence-corrected chi connectivity index (χ2v) is 2.55. The standard InChI is InChI=1S/C5H7O3P/c6-9(7)8-5-3-1-2-4-5/h3H,1-2,4H2/p+1. The molecule has 0 spiro atoms. The Bertz CT molecular complexity index is 152. The lowest BCUT2D eigenvalue weighted by Crippen LogP contribution is -1.76. The molecule has 1 atom stereocenters. The van der Waals surface area contributed by atoms with Gasteiger partial charge in [0, 0.05) is 11.0 Å². The van der Waals surface area contributed by atoms with Crippen molar-refractivity contribution in [3.8, 4) is 0 Å². The van der Waals surface area contributed by atoms with Crippen molar-refractivity contribution in [2.75, 3.05) is 0 Å². The molecule has 0 aliphatic heterocycles. The minimum Gasteiger partial charge on any atom is -0.234 e. The molecule has 0 saturated heterocycles. The quantitative estimate of drug-likeness (QED) is 0.605. The average molecular weight is 147 g/mol. The van der Waals surface area contributed by atoms with Crippen LogP contribution in [0.15, 0.2) is 11.8 Å². The van der Waals surface area contributed by atoms with E-state index < -0.39 is 8.25 Å². The molecule has 0 saturated carbocycles. The first-order chi connectivity index (χ1) is 4.29. The number of hydrogen-bond donors (Lipinski definition) is 1. The number of hydrogen-bond acceptors (Lipinski definition) is 2. The first-order valence-electron chi connectivity index (χ1n) is 2.82. The molecule has 0 heterocycles. The van der Waals surface area contributed by atoms with Crippen molar-refractivity contribution in [1.82, 2.24) is 0 Å². The topological polar surface area (TPSA) is 46.5 Å². The molecule has 3 nitrogen and oxygen atoms in total. The molecular weight excluding hydrogens is 139 g/mol. The second kappa shape index (κ2) is 2.95. The Morgan fingerprint density at radius 2 is 2.56 bits per heavy atom. The molecule has 0 aromatic rings. The van der Waals surface area contributed by atoms with E-state index in [1.54, 1.807) is 0 Å². The molecule has 1 aliphatic carbocycles. The van der Waals surface area contributed by atoms with E-state index in [-0.39, 0.29) is 0 Å². The van der Waals surface area contributed by atoms with Crippen LogP contribution >= 0.6 is 8.25 Å². The fourth-order valence-electron chi connectivity index (χ4n) is 0.825. The van der Waals surface area contributed by atoms with Crippen LogP contribution in [0.3, 0.4) is 0 Å². The molecule has 50 valence electrons. The number of allylic oxidation sites excluding steroid dienone is 2. The third-order valence-electron chi connectivity index (χ3n) is 1.19. The van der Waals surface area contributed by atoms with Crippen molar-refractivity contribution < 1.29 is 14.0 Å². The van der Waals surface area contributed by atoms with Crippen molar-refractivity contribution in [1.29, 1.82) is 0 Å². The Hall–Kier alpha value is -0.400. The maximum atomic E-state index is 10.0. The van der Waals surface area contributed by atoms with Gasteiger partial charge in [-0.05, 0) is 18.9 Å². The van der Waals surface area contributed by atoms with E-state index in [2.05, 4.69) is 4.52 Å². The van der Waals surface area contributed by atoms with Gasteiger partial charge in [0.1, 0.15) is 0 Å². The maximum absolute atomic E-state index is 10.0. The second-order valence-electron chi connectivity index (χ2n) is 1.89. The van der Waals surface area contributed by atoms with Crippen molar-refractivity contribution in [3.63, 3.8) is 0 Å². The Morgan fingerprint density at radius 3 is 3.00 bits per heavy atom. The largest absolute Gasteiger partial charge is 0.747 e. The molecule has 0 radical (unpaired) electrons. The summed E-state index contributed by atoms with van der Waals surface area (Å²) in [6.07, 6.45) is 4.67. The highest BCUT2D eigenvalue weighted by Crippen LogP contribution is 2.27. The molecule has 0 amide bonds. The highest BCUT2D eigenvalue weighted by molar-refractivity contribution is 7.32. The normalized spacial score (nSPS) is 19.2. The lowest BCUT2D eigenvalue weighted by atomic mass is 10.4. The molecule has 0 fully saturated rings. The van der Waals surface area contributed by atoms with Crippen LogP contribution in [0, 0.1) is 0 Å². The van der Waals surface area contributed by atoms with Crippen LogP contribution in [0.25, 0.3) is 0 Å². The molecule has 1 unspecified atom stereocenters. The van der Waals surface area contributed by atoms with Gasteiger partial charge in [-0.2, -0.15) is 0 Å². The van der Waals surface area contributed by atoms with Gasteiger partial charge in [-0.25, -0.2) is 4.52 Å². The highest BCUT2D eigenvalue weighted by atomic mass is 31.1. The van der Waals surface area contributed by atoms with Gasteiger partial charge in [0.2, 0.25) is 0 Å². The SMILES string of the molecule is O=[P+](O)OC1=CCCC1. The van der Waals surface area contributed by atoms with E-state index in [0.29, 0.717) is 5.76 Å². The van der Waals surface area contributed by atoms with Crippen molar-refractivity contribution >= 4 is 8.25 Å². The molecule has 1 N–H and O–H groups in total. The summed E-state index contributed by atoms with van der Waals surface area (Å²) in [7, 11) is -2.43. The summed E-state index contributed by atoms with van der Waals surface area (Å²) in [5.74, 6) is 0.665. The predicted molar refractivity (Wildman–Crippen MR) is 32.8 cm³/mol. The van der Waals surface area contributed by atoms with Crippen LogP contribution in [-0.2, 0) is 9.09 Å². The number of rotatable bonds is 2. The molecular formula is C5H8O3P+. The van der Waals surface area contributed by atoms with E-state index >= 15 is 0 Å². The lowest BCUT2D eigenvalue weighted by molar-refractivity contribution is 0.345. The Labute approximate surface area is 54.3 Å². The summed E-state index contributed by atoms with van der Waals surface area (Å²) in [6, 6.07) is 0. The molecule has 1 rings (SSSR count). The Balaban J connectivity index is 2.35. The van der Waals surface area contributed by atoms with E-state index in [1.807, 2.05) is 6.08 Å². The molecule has 1 aliphatic rings. The lowest BCUT2D eigenvalue weighted by Gasteiger charge is -1.85. The van der Waals surface area contributed by atoms with Crippen LogP contribution < -0.4 is 0 Å².